The summed E-state index contributed by atoms with van der Waals surface area (Å²) >= 11 is 0. The minimum Gasteiger partial charge on any atom is -0.464 e. The largest absolute Gasteiger partial charge is 0.464 e. The molecule has 1 aromatic heterocycles. The molecule has 0 aliphatic heterocycles. The Kier molecular flexibility index (Phi) is 4.86. The molecule has 0 saturated heterocycles. The molecule has 2 rings (SSSR count). The van der Waals surface area contributed by atoms with E-state index >= 15 is 0 Å². The standard InChI is InChI=1S/C16H26N2O2/c1-11(2)18(10-15-9-4-12(3)20-15)16(19)13-5-7-14(17)8-6-13/h4,9,11,13-14H,5-8,10,17H2,1-3H3. The lowest BCUT2D eigenvalue weighted by atomic mass is 9.85. The number of hydrogen-bond donors (Lipinski definition) is 1. The van der Waals surface area contributed by atoms with Crippen LogP contribution in [0.5, 0.6) is 0 Å². The molecular formula is C16H26N2O2. The van der Waals surface area contributed by atoms with Crippen LogP contribution in [0, 0.1) is 12.8 Å². The molecule has 1 aliphatic rings. The van der Waals surface area contributed by atoms with Gasteiger partial charge in [-0.15, -0.1) is 0 Å². The normalized spacial score (nSPS) is 23.1. The maximum Gasteiger partial charge on any atom is 0.226 e. The summed E-state index contributed by atoms with van der Waals surface area (Å²) in [6.07, 6.45) is 3.76. The molecule has 1 aromatic rings. The number of furan rings is 1. The van der Waals surface area contributed by atoms with Crippen LogP contribution in [-0.4, -0.2) is 22.9 Å². The zero-order chi connectivity index (χ0) is 14.7. The highest BCUT2D eigenvalue weighted by atomic mass is 16.3. The van der Waals surface area contributed by atoms with Crippen LogP contribution in [0.4, 0.5) is 0 Å². The topological polar surface area (TPSA) is 59.5 Å². The quantitative estimate of drug-likeness (QED) is 0.921. The Balaban J connectivity index is 2.02. The summed E-state index contributed by atoms with van der Waals surface area (Å²) in [6, 6.07) is 4.36. The van der Waals surface area contributed by atoms with Crippen molar-refractivity contribution in [2.45, 2.75) is 65.1 Å². The van der Waals surface area contributed by atoms with Crippen LogP contribution in [0.25, 0.3) is 0 Å². The first-order chi connectivity index (χ1) is 9.47. The van der Waals surface area contributed by atoms with E-state index in [2.05, 4.69) is 13.8 Å². The first kappa shape index (κ1) is 15.1. The molecule has 0 spiro atoms. The second-order valence-corrected chi connectivity index (χ2v) is 6.18. The van der Waals surface area contributed by atoms with Crippen molar-refractivity contribution in [3.63, 3.8) is 0 Å². The van der Waals surface area contributed by atoms with E-state index in [1.165, 1.54) is 0 Å². The number of carbonyl (C=O) groups is 1. The second-order valence-electron chi connectivity index (χ2n) is 6.18. The van der Waals surface area contributed by atoms with Crippen LogP contribution < -0.4 is 5.73 Å². The van der Waals surface area contributed by atoms with E-state index in [0.717, 1.165) is 37.2 Å². The van der Waals surface area contributed by atoms with Crippen molar-refractivity contribution in [3.8, 4) is 0 Å². The van der Waals surface area contributed by atoms with Gasteiger partial charge < -0.3 is 15.1 Å². The van der Waals surface area contributed by atoms with E-state index in [-0.39, 0.29) is 23.9 Å². The van der Waals surface area contributed by atoms with Gasteiger partial charge in [-0.3, -0.25) is 4.79 Å². The molecule has 1 amide bonds. The monoisotopic (exact) mass is 278 g/mol. The molecule has 0 radical (unpaired) electrons. The van der Waals surface area contributed by atoms with Crippen molar-refractivity contribution in [3.05, 3.63) is 23.7 Å². The molecule has 4 heteroatoms. The molecule has 0 unspecified atom stereocenters. The van der Waals surface area contributed by atoms with Gasteiger partial charge in [-0.05, 0) is 58.6 Å². The average Bonchev–Trinajstić information content (AvgIpc) is 2.81. The highest BCUT2D eigenvalue weighted by molar-refractivity contribution is 5.79. The van der Waals surface area contributed by atoms with Gasteiger partial charge in [-0.25, -0.2) is 0 Å². The third-order valence-electron chi connectivity index (χ3n) is 4.15. The van der Waals surface area contributed by atoms with Crippen LogP contribution in [-0.2, 0) is 11.3 Å². The SMILES string of the molecule is Cc1ccc(CN(C(=O)C2CCC(N)CC2)C(C)C)o1. The van der Waals surface area contributed by atoms with E-state index in [1.54, 1.807) is 0 Å². The minimum atomic E-state index is 0.133. The highest BCUT2D eigenvalue weighted by Gasteiger charge is 2.29. The summed E-state index contributed by atoms with van der Waals surface area (Å²) in [6.45, 7) is 6.60. The summed E-state index contributed by atoms with van der Waals surface area (Å²) in [7, 11) is 0. The number of nitrogens with zero attached hydrogens (tertiary/aromatic N) is 1. The number of carbonyl (C=O) groups excluding carboxylic acids is 1. The number of amides is 1. The van der Waals surface area contributed by atoms with Gasteiger partial charge in [-0.2, -0.15) is 0 Å². The van der Waals surface area contributed by atoms with E-state index in [0.29, 0.717) is 6.54 Å². The average molecular weight is 278 g/mol. The highest BCUT2D eigenvalue weighted by Crippen LogP contribution is 2.26. The molecule has 4 nitrogen and oxygen atoms in total. The van der Waals surface area contributed by atoms with Crippen LogP contribution in [0.15, 0.2) is 16.5 Å². The third-order valence-corrected chi connectivity index (χ3v) is 4.15. The van der Waals surface area contributed by atoms with Crippen molar-refractivity contribution in [1.29, 1.82) is 0 Å². The second kappa shape index (κ2) is 6.44. The Morgan fingerprint density at radius 3 is 2.50 bits per heavy atom. The Hall–Kier alpha value is -1.29. The van der Waals surface area contributed by atoms with E-state index in [1.807, 2.05) is 24.0 Å². The van der Waals surface area contributed by atoms with Crippen LogP contribution in [0.2, 0.25) is 0 Å². The zero-order valence-corrected chi connectivity index (χ0v) is 12.8. The van der Waals surface area contributed by atoms with Crippen molar-refractivity contribution in [1.82, 2.24) is 4.90 Å². The minimum absolute atomic E-state index is 0.133. The molecule has 1 saturated carbocycles. The molecule has 0 aromatic carbocycles. The zero-order valence-electron chi connectivity index (χ0n) is 12.8. The number of nitrogens with two attached hydrogens (primary N) is 1. The summed E-state index contributed by atoms with van der Waals surface area (Å²) in [5.41, 5.74) is 5.92. The summed E-state index contributed by atoms with van der Waals surface area (Å²) in [5.74, 6) is 2.13. The van der Waals surface area contributed by atoms with Crippen LogP contribution >= 0.6 is 0 Å². The molecule has 112 valence electrons. The van der Waals surface area contributed by atoms with Crippen molar-refractivity contribution >= 4 is 5.91 Å². The Morgan fingerprint density at radius 2 is 2.00 bits per heavy atom. The number of hydrogen-bond acceptors (Lipinski definition) is 3. The summed E-state index contributed by atoms with van der Waals surface area (Å²) < 4.78 is 5.60. The van der Waals surface area contributed by atoms with Gasteiger partial charge in [0.1, 0.15) is 11.5 Å². The van der Waals surface area contributed by atoms with Gasteiger partial charge in [0, 0.05) is 18.0 Å². The molecule has 20 heavy (non-hydrogen) atoms. The molecule has 0 atom stereocenters. The fraction of sp³-hybridized carbons (Fsp3) is 0.688. The lowest BCUT2D eigenvalue weighted by molar-refractivity contribution is -0.139. The maximum absolute atomic E-state index is 12.7. The van der Waals surface area contributed by atoms with Gasteiger partial charge in [0.15, 0.2) is 0 Å². The van der Waals surface area contributed by atoms with Crippen molar-refractivity contribution in [2.75, 3.05) is 0 Å². The first-order valence-electron chi connectivity index (χ1n) is 7.58. The lowest BCUT2D eigenvalue weighted by Crippen LogP contribution is -2.42. The van der Waals surface area contributed by atoms with E-state index in [4.69, 9.17) is 10.2 Å². The summed E-state index contributed by atoms with van der Waals surface area (Å²) in [5, 5.41) is 0. The van der Waals surface area contributed by atoms with Gasteiger partial charge in [0.05, 0.1) is 6.54 Å². The van der Waals surface area contributed by atoms with Gasteiger partial charge >= 0.3 is 0 Å². The van der Waals surface area contributed by atoms with E-state index in [9.17, 15) is 4.79 Å². The molecule has 1 fully saturated rings. The van der Waals surface area contributed by atoms with Crippen molar-refractivity contribution < 1.29 is 9.21 Å². The molecule has 2 N–H and O–H groups in total. The Labute approximate surface area is 121 Å². The smallest absolute Gasteiger partial charge is 0.226 e. The molecular weight excluding hydrogens is 252 g/mol. The summed E-state index contributed by atoms with van der Waals surface area (Å²) in [4.78, 5) is 14.6. The number of rotatable bonds is 4. The van der Waals surface area contributed by atoms with Crippen molar-refractivity contribution in [2.24, 2.45) is 11.7 Å². The first-order valence-corrected chi connectivity index (χ1v) is 7.58. The molecule has 0 bridgehead atoms. The predicted octanol–water partition coefficient (Wildman–Crippen LogP) is 2.84. The fourth-order valence-corrected chi connectivity index (χ4v) is 2.85. The van der Waals surface area contributed by atoms with Crippen LogP contribution in [0.3, 0.4) is 0 Å². The molecule has 1 heterocycles. The third kappa shape index (κ3) is 3.63. The predicted molar refractivity (Wildman–Crippen MR) is 79.1 cm³/mol. The number of aryl methyl sites for hydroxylation is 1. The van der Waals surface area contributed by atoms with Gasteiger partial charge in [-0.1, -0.05) is 0 Å². The maximum atomic E-state index is 12.7. The van der Waals surface area contributed by atoms with E-state index < -0.39 is 0 Å². The lowest BCUT2D eigenvalue weighted by Gasteiger charge is -2.33. The van der Waals surface area contributed by atoms with Crippen LogP contribution in [0.1, 0.15) is 51.1 Å². The van der Waals surface area contributed by atoms with Gasteiger partial charge in [0.2, 0.25) is 5.91 Å². The Bertz CT molecular complexity index is 445. The van der Waals surface area contributed by atoms with Gasteiger partial charge in [0.25, 0.3) is 0 Å². The fourth-order valence-electron chi connectivity index (χ4n) is 2.85. The Morgan fingerprint density at radius 1 is 1.35 bits per heavy atom. The molecule has 1 aliphatic carbocycles.